The van der Waals surface area contributed by atoms with Gasteiger partial charge in [0.1, 0.15) is 0 Å². The summed E-state index contributed by atoms with van der Waals surface area (Å²) >= 11 is 11.6. The Balaban J connectivity index is 1.74. The Morgan fingerprint density at radius 2 is 1.22 bits per heavy atom. The molecule has 1 aliphatic heterocycles. The standard InChI is InChI=1S/C16H16Cl2N2O4S3/c17-13-1-5-15(6-2-13)26(21,22)19-25-11-9-20(10-12-25)27(23,24)16-7-3-14(18)4-8-16/h1-8H,9-12H2. The molecule has 1 aliphatic rings. The zero-order chi connectivity index (χ0) is 19.7. The van der Waals surface area contributed by atoms with Crippen LogP contribution in [0.5, 0.6) is 0 Å². The number of benzene rings is 2. The molecule has 0 aliphatic carbocycles. The molecule has 146 valence electrons. The SMILES string of the molecule is O=S(=O)(N=S1CCN(S(=O)(=O)c2ccc(Cl)cc2)CC1)c1ccc(Cl)cc1. The lowest BCUT2D eigenvalue weighted by Crippen LogP contribution is -2.41. The highest BCUT2D eigenvalue weighted by molar-refractivity contribution is 8.00. The van der Waals surface area contributed by atoms with E-state index in [2.05, 4.69) is 3.77 Å². The summed E-state index contributed by atoms with van der Waals surface area (Å²) in [7, 11) is -8.18. The van der Waals surface area contributed by atoms with Gasteiger partial charge in [-0.05, 0) is 48.5 Å². The molecule has 0 spiro atoms. The van der Waals surface area contributed by atoms with Gasteiger partial charge in [0.05, 0.1) is 9.79 Å². The van der Waals surface area contributed by atoms with E-state index < -0.39 is 30.7 Å². The molecule has 0 saturated carbocycles. The van der Waals surface area contributed by atoms with Gasteiger partial charge in [0.25, 0.3) is 10.0 Å². The maximum Gasteiger partial charge on any atom is 0.287 e. The second-order valence-electron chi connectivity index (χ2n) is 5.73. The highest BCUT2D eigenvalue weighted by atomic mass is 35.5. The van der Waals surface area contributed by atoms with E-state index in [0.29, 0.717) is 21.6 Å². The molecule has 0 atom stereocenters. The predicted molar refractivity (Wildman–Crippen MR) is 108 cm³/mol. The Morgan fingerprint density at radius 3 is 1.70 bits per heavy atom. The van der Waals surface area contributed by atoms with E-state index in [-0.39, 0.29) is 22.9 Å². The predicted octanol–water partition coefficient (Wildman–Crippen LogP) is 3.19. The van der Waals surface area contributed by atoms with Gasteiger partial charge in [-0.15, -0.1) is 3.77 Å². The summed E-state index contributed by atoms with van der Waals surface area (Å²) in [6.45, 7) is 0.432. The fourth-order valence-electron chi connectivity index (χ4n) is 2.49. The normalized spacial score (nSPS) is 17.0. The molecule has 2 aromatic carbocycles. The number of sulfonamides is 2. The smallest absolute Gasteiger partial charge is 0.207 e. The Hall–Kier alpha value is -0.970. The van der Waals surface area contributed by atoms with Gasteiger partial charge in [-0.3, -0.25) is 0 Å². The number of nitrogens with zero attached hydrogens (tertiary/aromatic N) is 2. The monoisotopic (exact) mass is 466 g/mol. The highest BCUT2D eigenvalue weighted by Crippen LogP contribution is 2.22. The second kappa shape index (κ2) is 8.18. The molecule has 0 N–H and O–H groups in total. The third kappa shape index (κ3) is 4.90. The van der Waals surface area contributed by atoms with Crippen molar-refractivity contribution in [3.8, 4) is 0 Å². The van der Waals surface area contributed by atoms with Gasteiger partial charge in [0, 0.05) is 34.6 Å². The summed E-state index contributed by atoms with van der Waals surface area (Å²) in [6, 6.07) is 11.8. The molecule has 27 heavy (non-hydrogen) atoms. The van der Waals surface area contributed by atoms with Gasteiger partial charge < -0.3 is 0 Å². The highest BCUT2D eigenvalue weighted by Gasteiger charge is 2.28. The van der Waals surface area contributed by atoms with E-state index in [9.17, 15) is 16.8 Å². The van der Waals surface area contributed by atoms with Crippen LogP contribution in [-0.2, 0) is 30.7 Å². The minimum Gasteiger partial charge on any atom is -0.207 e. The lowest BCUT2D eigenvalue weighted by atomic mass is 10.4. The fourth-order valence-corrected chi connectivity index (χ4v) is 8.01. The minimum atomic E-state index is -3.79. The third-order valence-corrected chi connectivity index (χ3v) is 10.1. The van der Waals surface area contributed by atoms with Crippen LogP contribution in [0.3, 0.4) is 0 Å². The Bertz CT molecular complexity index is 1060. The molecule has 3 rings (SSSR count). The van der Waals surface area contributed by atoms with Crippen LogP contribution in [0.1, 0.15) is 0 Å². The first-order valence-electron chi connectivity index (χ1n) is 7.85. The van der Waals surface area contributed by atoms with E-state index in [0.717, 1.165) is 0 Å². The van der Waals surface area contributed by atoms with E-state index in [1.165, 1.54) is 52.8 Å². The third-order valence-electron chi connectivity index (χ3n) is 3.92. The number of hydrogen-bond acceptors (Lipinski definition) is 4. The van der Waals surface area contributed by atoms with Crippen molar-refractivity contribution >= 4 is 53.9 Å². The van der Waals surface area contributed by atoms with Crippen molar-refractivity contribution in [3.63, 3.8) is 0 Å². The lowest BCUT2D eigenvalue weighted by Gasteiger charge is -2.27. The van der Waals surface area contributed by atoms with Gasteiger partial charge in [-0.25, -0.2) is 8.42 Å². The summed E-state index contributed by atoms with van der Waals surface area (Å²) < 4.78 is 55.5. The van der Waals surface area contributed by atoms with Crippen LogP contribution in [0.4, 0.5) is 0 Å². The summed E-state index contributed by atoms with van der Waals surface area (Å²) in [4.78, 5) is 0.245. The van der Waals surface area contributed by atoms with Crippen molar-refractivity contribution < 1.29 is 16.8 Å². The average molecular weight is 467 g/mol. The van der Waals surface area contributed by atoms with Crippen LogP contribution >= 0.6 is 23.2 Å². The van der Waals surface area contributed by atoms with Gasteiger partial charge in [0.15, 0.2) is 0 Å². The van der Waals surface area contributed by atoms with Crippen LogP contribution < -0.4 is 0 Å². The number of hydrogen-bond donors (Lipinski definition) is 0. The van der Waals surface area contributed by atoms with E-state index in [1.54, 1.807) is 0 Å². The van der Waals surface area contributed by atoms with Crippen molar-refractivity contribution in [3.05, 3.63) is 58.6 Å². The molecule has 0 unspecified atom stereocenters. The maximum atomic E-state index is 12.7. The van der Waals surface area contributed by atoms with E-state index >= 15 is 0 Å². The molecule has 0 radical (unpaired) electrons. The van der Waals surface area contributed by atoms with Crippen LogP contribution in [0.2, 0.25) is 10.0 Å². The maximum absolute atomic E-state index is 12.7. The van der Waals surface area contributed by atoms with Crippen molar-refractivity contribution in [1.29, 1.82) is 0 Å². The Labute approximate surface area is 171 Å². The molecular formula is C16H16Cl2N2O4S3. The summed E-state index contributed by atoms with van der Waals surface area (Å²) in [5, 5.41) is 0.900. The van der Waals surface area contributed by atoms with Crippen LogP contribution in [0, 0.1) is 0 Å². The van der Waals surface area contributed by atoms with Gasteiger partial charge in [-0.1, -0.05) is 33.9 Å². The van der Waals surface area contributed by atoms with Gasteiger partial charge >= 0.3 is 0 Å². The molecule has 0 bridgehead atoms. The van der Waals surface area contributed by atoms with Crippen molar-refractivity contribution in [2.24, 2.45) is 3.77 Å². The van der Waals surface area contributed by atoms with E-state index in [4.69, 9.17) is 23.2 Å². The van der Waals surface area contributed by atoms with Crippen molar-refractivity contribution in [2.45, 2.75) is 9.79 Å². The quantitative estimate of drug-likeness (QED) is 0.692. The van der Waals surface area contributed by atoms with Crippen LogP contribution in [0.15, 0.2) is 62.1 Å². The Kier molecular flexibility index (Phi) is 6.29. The first kappa shape index (κ1) is 20.8. The first-order chi connectivity index (χ1) is 12.7. The molecule has 2 aromatic rings. The lowest BCUT2D eigenvalue weighted by molar-refractivity contribution is 0.442. The summed E-state index contributed by atoms with van der Waals surface area (Å²) in [6.07, 6.45) is 0. The van der Waals surface area contributed by atoms with Crippen molar-refractivity contribution in [2.75, 3.05) is 24.6 Å². The minimum absolute atomic E-state index is 0.0793. The van der Waals surface area contributed by atoms with E-state index in [1.807, 2.05) is 0 Å². The van der Waals surface area contributed by atoms with Gasteiger partial charge in [0.2, 0.25) is 10.0 Å². The van der Waals surface area contributed by atoms with Crippen LogP contribution in [-0.4, -0.2) is 45.7 Å². The summed E-state index contributed by atoms with van der Waals surface area (Å²) in [5.74, 6) is 0.722. The largest absolute Gasteiger partial charge is 0.287 e. The van der Waals surface area contributed by atoms with Crippen molar-refractivity contribution in [1.82, 2.24) is 4.31 Å². The molecule has 1 saturated heterocycles. The van der Waals surface area contributed by atoms with Gasteiger partial charge in [-0.2, -0.15) is 12.7 Å². The average Bonchev–Trinajstić information content (AvgIpc) is 2.62. The number of rotatable bonds is 4. The number of halogens is 2. The topological polar surface area (TPSA) is 83.9 Å². The molecule has 6 nitrogen and oxygen atoms in total. The molecular weight excluding hydrogens is 451 g/mol. The molecule has 0 aromatic heterocycles. The summed E-state index contributed by atoms with van der Waals surface area (Å²) in [5.41, 5.74) is 0. The first-order valence-corrected chi connectivity index (χ1v) is 13.0. The zero-order valence-corrected chi connectivity index (χ0v) is 17.9. The molecule has 11 heteroatoms. The van der Waals surface area contributed by atoms with Crippen LogP contribution in [0.25, 0.3) is 0 Å². The molecule has 1 heterocycles. The Morgan fingerprint density at radius 1 is 0.778 bits per heavy atom. The fraction of sp³-hybridized carbons (Fsp3) is 0.250. The zero-order valence-electron chi connectivity index (χ0n) is 14.0. The molecule has 1 fully saturated rings. The molecule has 0 amide bonds. The second-order valence-corrected chi connectivity index (χ2v) is 12.3.